The van der Waals surface area contributed by atoms with E-state index in [2.05, 4.69) is 11.9 Å². The fourth-order valence-corrected chi connectivity index (χ4v) is 1.23. The van der Waals surface area contributed by atoms with Crippen molar-refractivity contribution >= 4 is 5.91 Å². The lowest BCUT2D eigenvalue weighted by molar-refractivity contribution is 0.0940. The van der Waals surface area contributed by atoms with Crippen LogP contribution in [0.4, 0.5) is 0 Å². The van der Waals surface area contributed by atoms with Crippen LogP contribution >= 0.6 is 0 Å². The summed E-state index contributed by atoms with van der Waals surface area (Å²) in [5.74, 6) is 0.0232. The molecule has 1 aromatic rings. The van der Waals surface area contributed by atoms with Crippen molar-refractivity contribution in [2.45, 2.75) is 19.4 Å². The zero-order chi connectivity index (χ0) is 11.3. The summed E-state index contributed by atoms with van der Waals surface area (Å²) in [7, 11) is 0. The molecule has 0 saturated heterocycles. The van der Waals surface area contributed by atoms with Gasteiger partial charge in [0.15, 0.2) is 0 Å². The zero-order valence-corrected chi connectivity index (χ0v) is 8.73. The van der Waals surface area contributed by atoms with E-state index in [1.165, 1.54) is 12.1 Å². The summed E-state index contributed by atoms with van der Waals surface area (Å²) in [5, 5.41) is 11.9. The van der Waals surface area contributed by atoms with E-state index in [4.69, 9.17) is 5.11 Å². The molecule has 0 bridgehead atoms. The number of hydrogen-bond donors (Lipinski definition) is 2. The Morgan fingerprint density at radius 1 is 1.53 bits per heavy atom. The lowest BCUT2D eigenvalue weighted by Gasteiger charge is -2.11. The molecule has 1 unspecified atom stereocenters. The number of carbonyl (C=O) groups is 1. The van der Waals surface area contributed by atoms with Crippen LogP contribution in [-0.4, -0.2) is 17.1 Å². The van der Waals surface area contributed by atoms with Gasteiger partial charge in [0.25, 0.3) is 5.91 Å². The predicted octanol–water partition coefficient (Wildman–Crippen LogP) is 2.09. The number of carbonyl (C=O) groups excluding carboxylic acids is 1. The maximum atomic E-state index is 11.6. The molecule has 0 saturated carbocycles. The normalized spacial score (nSPS) is 11.8. The molecule has 0 heterocycles. The third kappa shape index (κ3) is 3.46. The number of rotatable bonds is 4. The fourth-order valence-electron chi connectivity index (χ4n) is 1.23. The summed E-state index contributed by atoms with van der Waals surface area (Å²) in [6.07, 6.45) is 2.51. The van der Waals surface area contributed by atoms with Gasteiger partial charge in [-0.1, -0.05) is 6.08 Å². The van der Waals surface area contributed by atoms with Gasteiger partial charge < -0.3 is 10.4 Å². The van der Waals surface area contributed by atoms with Gasteiger partial charge in [-0.05, 0) is 37.6 Å². The first-order valence-electron chi connectivity index (χ1n) is 4.84. The molecule has 3 nitrogen and oxygen atoms in total. The van der Waals surface area contributed by atoms with E-state index in [1.807, 2.05) is 6.92 Å². The Bertz CT molecular complexity index is 343. The SMILES string of the molecule is C=CCC(C)NC(=O)c1ccc(O)cc1. The lowest BCUT2D eigenvalue weighted by atomic mass is 10.1. The largest absolute Gasteiger partial charge is 0.508 e. The van der Waals surface area contributed by atoms with Crippen LogP contribution in [0.5, 0.6) is 5.75 Å². The van der Waals surface area contributed by atoms with Gasteiger partial charge in [0.05, 0.1) is 0 Å². The van der Waals surface area contributed by atoms with E-state index in [-0.39, 0.29) is 17.7 Å². The van der Waals surface area contributed by atoms with E-state index in [1.54, 1.807) is 18.2 Å². The van der Waals surface area contributed by atoms with Crippen LogP contribution in [-0.2, 0) is 0 Å². The molecular weight excluding hydrogens is 190 g/mol. The van der Waals surface area contributed by atoms with Crippen LogP contribution in [0.25, 0.3) is 0 Å². The van der Waals surface area contributed by atoms with E-state index in [0.717, 1.165) is 6.42 Å². The van der Waals surface area contributed by atoms with Crippen molar-refractivity contribution in [3.63, 3.8) is 0 Å². The number of amides is 1. The number of phenolic OH excluding ortho intramolecular Hbond substituents is 1. The Kier molecular flexibility index (Phi) is 3.92. The Balaban J connectivity index is 2.61. The number of phenols is 1. The first kappa shape index (κ1) is 11.3. The van der Waals surface area contributed by atoms with Gasteiger partial charge >= 0.3 is 0 Å². The molecule has 1 amide bonds. The Morgan fingerprint density at radius 2 is 2.13 bits per heavy atom. The summed E-state index contributed by atoms with van der Waals surface area (Å²) in [6, 6.07) is 6.24. The summed E-state index contributed by atoms with van der Waals surface area (Å²) >= 11 is 0. The van der Waals surface area contributed by atoms with Crippen LogP contribution < -0.4 is 5.32 Å². The smallest absolute Gasteiger partial charge is 0.251 e. The van der Waals surface area contributed by atoms with E-state index >= 15 is 0 Å². The van der Waals surface area contributed by atoms with Crippen LogP contribution in [0.15, 0.2) is 36.9 Å². The second-order valence-corrected chi connectivity index (χ2v) is 3.45. The van der Waals surface area contributed by atoms with E-state index < -0.39 is 0 Å². The molecule has 0 fully saturated rings. The summed E-state index contributed by atoms with van der Waals surface area (Å²) in [4.78, 5) is 11.6. The summed E-state index contributed by atoms with van der Waals surface area (Å²) in [5.41, 5.74) is 0.545. The second kappa shape index (κ2) is 5.20. The molecule has 0 aromatic heterocycles. The Labute approximate surface area is 89.4 Å². The Morgan fingerprint density at radius 3 is 2.67 bits per heavy atom. The molecule has 0 aliphatic heterocycles. The highest BCUT2D eigenvalue weighted by Gasteiger charge is 2.07. The van der Waals surface area contributed by atoms with Gasteiger partial charge in [0.2, 0.25) is 0 Å². The van der Waals surface area contributed by atoms with Crippen molar-refractivity contribution in [3.05, 3.63) is 42.5 Å². The van der Waals surface area contributed by atoms with Gasteiger partial charge in [-0.15, -0.1) is 6.58 Å². The minimum atomic E-state index is -0.135. The van der Waals surface area contributed by atoms with Crippen LogP contribution in [0.2, 0.25) is 0 Å². The van der Waals surface area contributed by atoms with Gasteiger partial charge in [-0.25, -0.2) is 0 Å². The van der Waals surface area contributed by atoms with Crippen molar-refractivity contribution in [1.82, 2.24) is 5.32 Å². The number of hydrogen-bond acceptors (Lipinski definition) is 2. The minimum absolute atomic E-state index is 0.0730. The summed E-state index contributed by atoms with van der Waals surface area (Å²) < 4.78 is 0. The van der Waals surface area contributed by atoms with Crippen LogP contribution in [0.1, 0.15) is 23.7 Å². The quantitative estimate of drug-likeness (QED) is 0.739. The highest BCUT2D eigenvalue weighted by Crippen LogP contribution is 2.09. The van der Waals surface area contributed by atoms with Crippen molar-refractivity contribution in [2.24, 2.45) is 0 Å². The average molecular weight is 205 g/mol. The second-order valence-electron chi connectivity index (χ2n) is 3.45. The summed E-state index contributed by atoms with van der Waals surface area (Å²) in [6.45, 7) is 5.52. The first-order chi connectivity index (χ1) is 7.13. The van der Waals surface area contributed by atoms with Crippen molar-refractivity contribution < 1.29 is 9.90 Å². The van der Waals surface area contributed by atoms with Gasteiger partial charge in [-0.2, -0.15) is 0 Å². The van der Waals surface area contributed by atoms with Gasteiger partial charge in [0.1, 0.15) is 5.75 Å². The molecule has 15 heavy (non-hydrogen) atoms. The molecule has 0 aliphatic carbocycles. The average Bonchev–Trinajstić information content (AvgIpc) is 2.18. The predicted molar refractivity (Wildman–Crippen MR) is 59.8 cm³/mol. The van der Waals surface area contributed by atoms with Crippen molar-refractivity contribution in [3.8, 4) is 5.75 Å². The monoisotopic (exact) mass is 205 g/mol. The third-order valence-corrected chi connectivity index (χ3v) is 2.03. The third-order valence-electron chi connectivity index (χ3n) is 2.03. The molecule has 80 valence electrons. The topological polar surface area (TPSA) is 49.3 Å². The number of aromatic hydroxyl groups is 1. The highest BCUT2D eigenvalue weighted by molar-refractivity contribution is 5.94. The number of nitrogens with one attached hydrogen (secondary N) is 1. The maximum absolute atomic E-state index is 11.6. The maximum Gasteiger partial charge on any atom is 0.251 e. The molecule has 1 rings (SSSR count). The standard InChI is InChI=1S/C12H15NO2/c1-3-4-9(2)13-12(15)10-5-7-11(14)8-6-10/h3,5-9,14H,1,4H2,2H3,(H,13,15). The molecule has 1 atom stereocenters. The number of benzene rings is 1. The molecule has 3 heteroatoms. The molecule has 0 radical (unpaired) electrons. The lowest BCUT2D eigenvalue weighted by Crippen LogP contribution is -2.31. The Hall–Kier alpha value is -1.77. The first-order valence-corrected chi connectivity index (χ1v) is 4.84. The van der Waals surface area contributed by atoms with Crippen molar-refractivity contribution in [1.29, 1.82) is 0 Å². The molecule has 0 spiro atoms. The van der Waals surface area contributed by atoms with E-state index in [0.29, 0.717) is 5.56 Å². The highest BCUT2D eigenvalue weighted by atomic mass is 16.3. The minimum Gasteiger partial charge on any atom is -0.508 e. The molecular formula is C12H15NO2. The van der Waals surface area contributed by atoms with Crippen LogP contribution in [0.3, 0.4) is 0 Å². The molecule has 2 N–H and O–H groups in total. The molecule has 1 aromatic carbocycles. The van der Waals surface area contributed by atoms with Crippen molar-refractivity contribution in [2.75, 3.05) is 0 Å². The molecule has 0 aliphatic rings. The fraction of sp³-hybridized carbons (Fsp3) is 0.250. The van der Waals surface area contributed by atoms with Gasteiger partial charge in [-0.3, -0.25) is 4.79 Å². The van der Waals surface area contributed by atoms with E-state index in [9.17, 15) is 4.79 Å². The van der Waals surface area contributed by atoms with Gasteiger partial charge in [0, 0.05) is 11.6 Å². The zero-order valence-electron chi connectivity index (χ0n) is 8.73. The van der Waals surface area contributed by atoms with Crippen LogP contribution in [0, 0.1) is 0 Å².